The fourth-order valence-electron chi connectivity index (χ4n) is 3.50. The SMILES string of the molecule is O=C(CCC(=O)c1ccc2c(c1)OCCO2)NNC(=O)C1CC(c2ccccc2)NN1. The first-order chi connectivity index (χ1) is 15.1. The van der Waals surface area contributed by atoms with E-state index in [4.69, 9.17) is 9.47 Å². The second-order valence-corrected chi connectivity index (χ2v) is 7.36. The number of ether oxygens (including phenoxy) is 2. The molecule has 1 fully saturated rings. The number of amides is 2. The second kappa shape index (κ2) is 9.59. The van der Waals surface area contributed by atoms with Crippen molar-refractivity contribution in [2.75, 3.05) is 13.2 Å². The van der Waals surface area contributed by atoms with E-state index in [0.717, 1.165) is 5.56 Å². The summed E-state index contributed by atoms with van der Waals surface area (Å²) < 4.78 is 10.9. The highest BCUT2D eigenvalue weighted by Crippen LogP contribution is 2.31. The number of ketones is 1. The van der Waals surface area contributed by atoms with Crippen molar-refractivity contribution in [2.45, 2.75) is 31.3 Å². The summed E-state index contributed by atoms with van der Waals surface area (Å²) in [6.45, 7) is 0.912. The maximum atomic E-state index is 12.4. The van der Waals surface area contributed by atoms with E-state index < -0.39 is 11.9 Å². The zero-order chi connectivity index (χ0) is 21.6. The predicted molar refractivity (Wildman–Crippen MR) is 111 cm³/mol. The Morgan fingerprint density at radius 3 is 2.48 bits per heavy atom. The van der Waals surface area contributed by atoms with Crippen LogP contribution >= 0.6 is 0 Å². The molecule has 4 N–H and O–H groups in total. The third-order valence-corrected chi connectivity index (χ3v) is 5.19. The summed E-state index contributed by atoms with van der Waals surface area (Å²) in [5.74, 6) is 0.154. The fourth-order valence-corrected chi connectivity index (χ4v) is 3.50. The Labute approximate surface area is 179 Å². The van der Waals surface area contributed by atoms with Gasteiger partial charge in [-0.05, 0) is 30.2 Å². The minimum absolute atomic E-state index is 0.0104. The van der Waals surface area contributed by atoms with Gasteiger partial charge in [-0.3, -0.25) is 25.2 Å². The molecule has 1 saturated heterocycles. The van der Waals surface area contributed by atoms with Gasteiger partial charge < -0.3 is 9.47 Å². The molecule has 0 saturated carbocycles. The topological polar surface area (TPSA) is 118 Å². The van der Waals surface area contributed by atoms with Crippen LogP contribution in [0.5, 0.6) is 11.5 Å². The molecule has 162 valence electrons. The van der Waals surface area contributed by atoms with Crippen molar-refractivity contribution >= 4 is 17.6 Å². The van der Waals surface area contributed by atoms with E-state index >= 15 is 0 Å². The third-order valence-electron chi connectivity index (χ3n) is 5.19. The Kier molecular flexibility index (Phi) is 6.44. The van der Waals surface area contributed by atoms with Gasteiger partial charge in [-0.15, -0.1) is 0 Å². The summed E-state index contributed by atoms with van der Waals surface area (Å²) in [6, 6.07) is 14.3. The molecular weight excluding hydrogens is 400 g/mol. The van der Waals surface area contributed by atoms with Crippen LogP contribution in [0.3, 0.4) is 0 Å². The van der Waals surface area contributed by atoms with Crippen molar-refractivity contribution in [2.24, 2.45) is 0 Å². The molecule has 31 heavy (non-hydrogen) atoms. The molecule has 2 heterocycles. The third kappa shape index (κ3) is 5.19. The van der Waals surface area contributed by atoms with Gasteiger partial charge in [0.15, 0.2) is 17.3 Å². The van der Waals surface area contributed by atoms with Gasteiger partial charge in [-0.1, -0.05) is 30.3 Å². The highest BCUT2D eigenvalue weighted by atomic mass is 16.6. The van der Waals surface area contributed by atoms with E-state index in [1.807, 2.05) is 30.3 Å². The summed E-state index contributed by atoms with van der Waals surface area (Å²) >= 11 is 0. The average molecular weight is 424 g/mol. The highest BCUT2D eigenvalue weighted by Gasteiger charge is 2.30. The molecule has 0 radical (unpaired) electrons. The summed E-state index contributed by atoms with van der Waals surface area (Å²) in [5.41, 5.74) is 12.3. The van der Waals surface area contributed by atoms with Crippen molar-refractivity contribution < 1.29 is 23.9 Å². The predicted octanol–water partition coefficient (Wildman–Crippen LogP) is 1.18. The second-order valence-electron chi connectivity index (χ2n) is 7.36. The number of fused-ring (bicyclic) bond motifs is 1. The minimum atomic E-state index is -0.482. The lowest BCUT2D eigenvalue weighted by atomic mass is 10.0. The number of nitrogens with one attached hydrogen (secondary N) is 4. The molecular formula is C22H24N4O5. The maximum Gasteiger partial charge on any atom is 0.256 e. The summed E-state index contributed by atoms with van der Waals surface area (Å²) in [4.78, 5) is 36.7. The number of hydrogen-bond acceptors (Lipinski definition) is 7. The molecule has 2 amide bonds. The van der Waals surface area contributed by atoms with Crippen LogP contribution in [0, 0.1) is 0 Å². The van der Waals surface area contributed by atoms with Gasteiger partial charge in [0.2, 0.25) is 5.91 Å². The lowest BCUT2D eigenvalue weighted by molar-refractivity contribution is -0.129. The fraction of sp³-hybridized carbons (Fsp3) is 0.318. The number of hydrogen-bond donors (Lipinski definition) is 4. The Hall–Kier alpha value is -3.43. The molecule has 9 nitrogen and oxygen atoms in total. The van der Waals surface area contributed by atoms with E-state index in [9.17, 15) is 14.4 Å². The van der Waals surface area contributed by atoms with Crippen LogP contribution in [0.2, 0.25) is 0 Å². The molecule has 0 aliphatic carbocycles. The van der Waals surface area contributed by atoms with Crippen LogP contribution < -0.4 is 31.2 Å². The molecule has 2 aliphatic heterocycles. The number of carbonyl (C=O) groups excluding carboxylic acids is 3. The monoisotopic (exact) mass is 424 g/mol. The van der Waals surface area contributed by atoms with Crippen LogP contribution in [-0.4, -0.2) is 36.9 Å². The lowest BCUT2D eigenvalue weighted by Gasteiger charge is -2.18. The molecule has 0 spiro atoms. The van der Waals surface area contributed by atoms with Crippen molar-refractivity contribution in [3.05, 3.63) is 59.7 Å². The summed E-state index contributed by atoms with van der Waals surface area (Å²) in [6.07, 6.45) is 0.519. The molecule has 0 bridgehead atoms. The number of hydrazine groups is 2. The number of carbonyl (C=O) groups is 3. The Morgan fingerprint density at radius 1 is 0.903 bits per heavy atom. The largest absolute Gasteiger partial charge is 0.486 e. The van der Waals surface area contributed by atoms with Crippen LogP contribution in [0.15, 0.2) is 48.5 Å². The average Bonchev–Trinajstić information content (AvgIpc) is 3.32. The van der Waals surface area contributed by atoms with Gasteiger partial charge in [0.05, 0.1) is 0 Å². The smallest absolute Gasteiger partial charge is 0.256 e. The quantitative estimate of drug-likeness (QED) is 0.406. The van der Waals surface area contributed by atoms with Crippen molar-refractivity contribution in [3.63, 3.8) is 0 Å². The first-order valence-corrected chi connectivity index (χ1v) is 10.2. The van der Waals surface area contributed by atoms with Crippen LogP contribution in [0.25, 0.3) is 0 Å². The van der Waals surface area contributed by atoms with Gasteiger partial charge in [0.25, 0.3) is 5.91 Å². The molecule has 2 atom stereocenters. The van der Waals surface area contributed by atoms with E-state index in [0.29, 0.717) is 36.7 Å². The van der Waals surface area contributed by atoms with Crippen molar-refractivity contribution in [1.29, 1.82) is 0 Å². The molecule has 2 aromatic carbocycles. The van der Waals surface area contributed by atoms with E-state index in [1.54, 1.807) is 18.2 Å². The molecule has 2 aliphatic rings. The van der Waals surface area contributed by atoms with E-state index in [-0.39, 0.29) is 30.6 Å². The number of rotatable bonds is 6. The van der Waals surface area contributed by atoms with Crippen molar-refractivity contribution in [1.82, 2.24) is 21.7 Å². The lowest BCUT2D eigenvalue weighted by Crippen LogP contribution is -2.50. The summed E-state index contributed by atoms with van der Waals surface area (Å²) in [5, 5.41) is 0. The van der Waals surface area contributed by atoms with E-state index in [2.05, 4.69) is 21.7 Å². The minimum Gasteiger partial charge on any atom is -0.486 e. The maximum absolute atomic E-state index is 12.4. The molecule has 0 aromatic heterocycles. The molecule has 2 aromatic rings. The van der Waals surface area contributed by atoms with Crippen LogP contribution in [0.1, 0.15) is 41.2 Å². The standard InChI is InChI=1S/C22H24N4O5/c27-18(15-6-8-19-20(12-15)31-11-10-30-19)7-9-21(28)25-26-22(29)17-13-16(23-24-17)14-4-2-1-3-5-14/h1-6,8,12,16-17,23-24H,7,9-11,13H2,(H,25,28)(H,26,29). The van der Waals surface area contributed by atoms with Gasteiger partial charge >= 0.3 is 0 Å². The molecule has 2 unspecified atom stereocenters. The highest BCUT2D eigenvalue weighted by molar-refractivity contribution is 5.98. The molecule has 9 heteroatoms. The van der Waals surface area contributed by atoms with Crippen LogP contribution in [0.4, 0.5) is 0 Å². The Balaban J connectivity index is 1.20. The van der Waals surface area contributed by atoms with Crippen molar-refractivity contribution in [3.8, 4) is 11.5 Å². The Morgan fingerprint density at radius 2 is 1.68 bits per heavy atom. The zero-order valence-corrected chi connectivity index (χ0v) is 16.9. The van der Waals surface area contributed by atoms with Crippen LogP contribution in [-0.2, 0) is 9.59 Å². The number of Topliss-reactive ketones (excluding diaryl/α,β-unsaturated/α-hetero) is 1. The van der Waals surface area contributed by atoms with Gasteiger partial charge in [-0.2, -0.15) is 0 Å². The van der Waals surface area contributed by atoms with Gasteiger partial charge in [-0.25, -0.2) is 10.9 Å². The zero-order valence-electron chi connectivity index (χ0n) is 16.9. The Bertz CT molecular complexity index is 966. The number of benzene rings is 2. The van der Waals surface area contributed by atoms with Gasteiger partial charge in [0.1, 0.15) is 19.3 Å². The normalized spacial score (nSPS) is 19.5. The van der Waals surface area contributed by atoms with Gasteiger partial charge in [0, 0.05) is 24.4 Å². The molecule has 4 rings (SSSR count). The van der Waals surface area contributed by atoms with E-state index in [1.165, 1.54) is 0 Å². The first-order valence-electron chi connectivity index (χ1n) is 10.2. The summed E-state index contributed by atoms with van der Waals surface area (Å²) in [7, 11) is 0. The first kappa shape index (κ1) is 20.8.